The Morgan fingerprint density at radius 2 is 2.16 bits per heavy atom. The van der Waals surface area contributed by atoms with Crippen molar-refractivity contribution in [3.63, 3.8) is 0 Å². The molecule has 1 aliphatic heterocycles. The second kappa shape index (κ2) is 6.99. The van der Waals surface area contributed by atoms with Crippen LogP contribution in [0.4, 0.5) is 0 Å². The maximum atomic E-state index is 12.2. The largest absolute Gasteiger partial charge is 0.374 e. The van der Waals surface area contributed by atoms with Crippen LogP contribution in [0.3, 0.4) is 0 Å². The smallest absolute Gasteiger partial charge is 0.279 e. The first-order valence-electron chi connectivity index (χ1n) is 6.89. The number of nitrogens with zero attached hydrogens (tertiary/aromatic N) is 1. The molecule has 1 atom stereocenters. The lowest BCUT2D eigenvalue weighted by Crippen LogP contribution is -2.50. The van der Waals surface area contributed by atoms with Gasteiger partial charge in [-0.2, -0.15) is 17.4 Å². The van der Waals surface area contributed by atoms with E-state index in [2.05, 4.69) is 4.72 Å². The average Bonchev–Trinajstić information content (AvgIpc) is 2.37. The van der Waals surface area contributed by atoms with Gasteiger partial charge in [-0.15, -0.1) is 0 Å². The van der Waals surface area contributed by atoms with Crippen molar-refractivity contribution in [3.8, 4) is 0 Å². The number of hydrogen-bond acceptors (Lipinski definition) is 4. The molecule has 19 heavy (non-hydrogen) atoms. The van der Waals surface area contributed by atoms with E-state index in [1.807, 2.05) is 20.8 Å². The third kappa shape index (κ3) is 5.35. The zero-order valence-corrected chi connectivity index (χ0v) is 13.0. The van der Waals surface area contributed by atoms with Crippen LogP contribution < -0.4 is 10.5 Å². The summed E-state index contributed by atoms with van der Waals surface area (Å²) in [6.07, 6.45) is 1.88. The van der Waals surface area contributed by atoms with Gasteiger partial charge < -0.3 is 10.5 Å². The molecule has 3 N–H and O–H groups in total. The van der Waals surface area contributed by atoms with E-state index >= 15 is 0 Å². The molecule has 0 aromatic carbocycles. The van der Waals surface area contributed by atoms with Crippen molar-refractivity contribution in [1.82, 2.24) is 9.03 Å². The standard InChI is InChI=1S/C12H27N3O3S/c1-4-18-12(2,3)10-14-19(16,17)15-7-5-6-11(8-13)9-15/h11,14H,4-10,13H2,1-3H3. The van der Waals surface area contributed by atoms with Crippen LogP contribution in [0.15, 0.2) is 0 Å². The summed E-state index contributed by atoms with van der Waals surface area (Å²) in [5.41, 5.74) is 5.13. The minimum atomic E-state index is -3.43. The molecule has 0 aliphatic carbocycles. The first-order valence-corrected chi connectivity index (χ1v) is 8.33. The second-order valence-electron chi connectivity index (χ2n) is 5.62. The van der Waals surface area contributed by atoms with Gasteiger partial charge >= 0.3 is 0 Å². The van der Waals surface area contributed by atoms with E-state index in [1.54, 1.807) is 0 Å². The maximum Gasteiger partial charge on any atom is 0.279 e. The third-order valence-corrected chi connectivity index (χ3v) is 4.89. The molecule has 0 saturated carbocycles. The predicted octanol–water partition coefficient (Wildman–Crippen LogP) is 0.307. The lowest BCUT2D eigenvalue weighted by Gasteiger charge is -2.32. The Balaban J connectivity index is 2.56. The summed E-state index contributed by atoms with van der Waals surface area (Å²) >= 11 is 0. The van der Waals surface area contributed by atoms with Crippen LogP contribution in [0.1, 0.15) is 33.6 Å². The predicted molar refractivity (Wildman–Crippen MR) is 76.0 cm³/mol. The van der Waals surface area contributed by atoms with E-state index in [1.165, 1.54) is 4.31 Å². The van der Waals surface area contributed by atoms with Crippen LogP contribution in [-0.4, -0.2) is 51.1 Å². The van der Waals surface area contributed by atoms with E-state index in [0.29, 0.717) is 26.2 Å². The molecule has 0 aromatic heterocycles. The lowest BCUT2D eigenvalue weighted by atomic mass is 10.0. The molecule has 0 bridgehead atoms. The molecule has 1 saturated heterocycles. The highest BCUT2D eigenvalue weighted by atomic mass is 32.2. The van der Waals surface area contributed by atoms with Gasteiger partial charge in [-0.05, 0) is 46.1 Å². The quantitative estimate of drug-likeness (QED) is 0.707. The van der Waals surface area contributed by atoms with Gasteiger partial charge in [0.2, 0.25) is 0 Å². The van der Waals surface area contributed by atoms with Crippen LogP contribution in [0.5, 0.6) is 0 Å². The Hall–Kier alpha value is -0.210. The summed E-state index contributed by atoms with van der Waals surface area (Å²) in [7, 11) is -3.43. The van der Waals surface area contributed by atoms with Crippen molar-refractivity contribution < 1.29 is 13.2 Å². The van der Waals surface area contributed by atoms with Crippen molar-refractivity contribution >= 4 is 10.2 Å². The van der Waals surface area contributed by atoms with Crippen LogP contribution in [0.2, 0.25) is 0 Å². The van der Waals surface area contributed by atoms with E-state index in [9.17, 15) is 8.42 Å². The highest BCUT2D eigenvalue weighted by molar-refractivity contribution is 7.87. The van der Waals surface area contributed by atoms with Crippen molar-refractivity contribution in [2.24, 2.45) is 11.7 Å². The van der Waals surface area contributed by atoms with Gasteiger partial charge in [-0.3, -0.25) is 0 Å². The van der Waals surface area contributed by atoms with E-state index < -0.39 is 15.8 Å². The Kier molecular flexibility index (Phi) is 6.19. The molecule has 1 rings (SSSR count). The molecule has 1 unspecified atom stereocenters. The Morgan fingerprint density at radius 1 is 1.47 bits per heavy atom. The van der Waals surface area contributed by atoms with Gasteiger partial charge in [0, 0.05) is 26.2 Å². The normalized spacial score (nSPS) is 22.6. The van der Waals surface area contributed by atoms with Gasteiger partial charge in [0.15, 0.2) is 0 Å². The topological polar surface area (TPSA) is 84.7 Å². The second-order valence-corrected chi connectivity index (χ2v) is 7.38. The molecule has 0 aromatic rings. The molecule has 6 nitrogen and oxygen atoms in total. The molecule has 114 valence electrons. The van der Waals surface area contributed by atoms with E-state index in [0.717, 1.165) is 12.8 Å². The molecule has 1 aliphatic rings. The Bertz CT molecular complexity index is 370. The molecule has 1 fully saturated rings. The monoisotopic (exact) mass is 293 g/mol. The van der Waals surface area contributed by atoms with Gasteiger partial charge in [0.25, 0.3) is 10.2 Å². The summed E-state index contributed by atoms with van der Waals surface area (Å²) < 4.78 is 34.0. The summed E-state index contributed by atoms with van der Waals surface area (Å²) in [5, 5.41) is 0. The van der Waals surface area contributed by atoms with E-state index in [4.69, 9.17) is 10.5 Å². The number of ether oxygens (including phenoxy) is 1. The van der Waals surface area contributed by atoms with Crippen LogP contribution in [0, 0.1) is 5.92 Å². The Morgan fingerprint density at radius 3 is 2.74 bits per heavy atom. The molecule has 0 radical (unpaired) electrons. The molecule has 7 heteroatoms. The van der Waals surface area contributed by atoms with E-state index in [-0.39, 0.29) is 12.5 Å². The summed E-state index contributed by atoms with van der Waals surface area (Å²) in [4.78, 5) is 0. The highest BCUT2D eigenvalue weighted by Crippen LogP contribution is 2.18. The maximum absolute atomic E-state index is 12.2. The minimum Gasteiger partial charge on any atom is -0.374 e. The fourth-order valence-electron chi connectivity index (χ4n) is 2.24. The third-order valence-electron chi connectivity index (χ3n) is 3.37. The highest BCUT2D eigenvalue weighted by Gasteiger charge is 2.30. The number of nitrogens with one attached hydrogen (secondary N) is 1. The first-order chi connectivity index (χ1) is 8.80. The van der Waals surface area contributed by atoms with Crippen molar-refractivity contribution in [3.05, 3.63) is 0 Å². The average molecular weight is 293 g/mol. The van der Waals surface area contributed by atoms with Crippen LogP contribution in [-0.2, 0) is 14.9 Å². The first kappa shape index (κ1) is 16.8. The number of rotatable bonds is 7. The molecule has 1 heterocycles. The SMILES string of the molecule is CCOC(C)(C)CNS(=O)(=O)N1CCCC(CN)C1. The summed E-state index contributed by atoms with van der Waals surface area (Å²) in [5.74, 6) is 0.269. The molecular formula is C12H27N3O3S. The van der Waals surface area contributed by atoms with Gasteiger partial charge in [0.05, 0.1) is 5.60 Å². The van der Waals surface area contributed by atoms with Gasteiger partial charge in [0.1, 0.15) is 0 Å². The fraction of sp³-hybridized carbons (Fsp3) is 1.00. The van der Waals surface area contributed by atoms with Crippen molar-refractivity contribution in [1.29, 1.82) is 0 Å². The van der Waals surface area contributed by atoms with Gasteiger partial charge in [-0.1, -0.05) is 0 Å². The van der Waals surface area contributed by atoms with Crippen LogP contribution in [0.25, 0.3) is 0 Å². The van der Waals surface area contributed by atoms with Gasteiger partial charge in [-0.25, -0.2) is 0 Å². The number of piperidine rings is 1. The lowest BCUT2D eigenvalue weighted by molar-refractivity contribution is -0.00544. The van der Waals surface area contributed by atoms with Crippen LogP contribution >= 0.6 is 0 Å². The fourth-order valence-corrected chi connectivity index (χ4v) is 3.72. The minimum absolute atomic E-state index is 0.269. The van der Waals surface area contributed by atoms with Crippen molar-refractivity contribution in [2.75, 3.05) is 32.8 Å². The Labute approximate surface area is 116 Å². The molecule has 0 spiro atoms. The summed E-state index contributed by atoms with van der Waals surface area (Å²) in [6.45, 7) is 8.10. The molecular weight excluding hydrogens is 266 g/mol. The number of nitrogens with two attached hydrogens (primary N) is 1. The van der Waals surface area contributed by atoms with Crippen molar-refractivity contribution in [2.45, 2.75) is 39.2 Å². The zero-order valence-electron chi connectivity index (χ0n) is 12.2. The number of hydrogen-bond donors (Lipinski definition) is 2. The summed E-state index contributed by atoms with van der Waals surface area (Å²) in [6, 6.07) is 0. The zero-order chi connectivity index (χ0) is 14.5. The molecule has 0 amide bonds.